The minimum absolute atomic E-state index is 0.0256. The van der Waals surface area contributed by atoms with E-state index in [1.165, 1.54) is 6.08 Å². The monoisotopic (exact) mass is 761 g/mol. The first-order valence-electron chi connectivity index (χ1n) is 18.6. The van der Waals surface area contributed by atoms with E-state index in [9.17, 15) is 24.3 Å². The van der Waals surface area contributed by atoms with Crippen molar-refractivity contribution < 1.29 is 38.5 Å². The highest BCUT2D eigenvalue weighted by atomic mass is 16.6. The standard InChI is InChI=1S/C45H51N3O8/c1-3-14-37(28-42(50)46-38(29-49)26-34-22-24-40(25-23-34)54-30-35-18-10-6-11-19-35)43(51)47-39(27-33-16-8-5-9-17-33)32-55-44(52)41(15-4-2)48-45(53)56-31-36-20-12-7-13-21-36/h3-13,16-25,37-39,41,49H,1-2,14-15,26-32H2,(H,46,50)(H,47,51)(H,48,53)/t37-,38-,39+,41+/m0/s1. The molecule has 0 spiro atoms. The van der Waals surface area contributed by atoms with Crippen LogP contribution in [0.4, 0.5) is 4.79 Å². The summed E-state index contributed by atoms with van der Waals surface area (Å²) in [6.07, 6.45) is 3.10. The third-order valence-electron chi connectivity index (χ3n) is 8.78. The van der Waals surface area contributed by atoms with Crippen LogP contribution >= 0.6 is 0 Å². The second kappa shape index (κ2) is 23.6. The van der Waals surface area contributed by atoms with Crippen LogP contribution in [0.25, 0.3) is 0 Å². The van der Waals surface area contributed by atoms with E-state index < -0.39 is 47.9 Å². The summed E-state index contributed by atoms with van der Waals surface area (Å²) in [5, 5.41) is 18.4. The normalized spacial score (nSPS) is 12.8. The van der Waals surface area contributed by atoms with Crippen molar-refractivity contribution in [2.75, 3.05) is 13.2 Å². The molecule has 4 N–H and O–H groups in total. The number of alkyl carbamates (subject to hydrolysis) is 1. The lowest BCUT2D eigenvalue weighted by Crippen LogP contribution is -2.47. The minimum atomic E-state index is -1.06. The molecule has 4 rings (SSSR count). The molecule has 4 aromatic carbocycles. The van der Waals surface area contributed by atoms with Crippen molar-refractivity contribution in [1.29, 1.82) is 0 Å². The van der Waals surface area contributed by atoms with E-state index in [-0.39, 0.29) is 39.1 Å². The molecule has 0 radical (unpaired) electrons. The quantitative estimate of drug-likeness (QED) is 0.0530. The van der Waals surface area contributed by atoms with E-state index in [0.29, 0.717) is 25.2 Å². The number of aliphatic hydroxyl groups excluding tert-OH is 1. The van der Waals surface area contributed by atoms with Gasteiger partial charge in [0.1, 0.15) is 31.6 Å². The average molecular weight is 762 g/mol. The van der Waals surface area contributed by atoms with Gasteiger partial charge in [0.25, 0.3) is 0 Å². The van der Waals surface area contributed by atoms with Crippen LogP contribution in [0.2, 0.25) is 0 Å². The topological polar surface area (TPSA) is 152 Å². The largest absolute Gasteiger partial charge is 0.489 e. The summed E-state index contributed by atoms with van der Waals surface area (Å²) in [6, 6.07) is 33.5. The fourth-order valence-corrected chi connectivity index (χ4v) is 5.84. The molecule has 11 nitrogen and oxygen atoms in total. The van der Waals surface area contributed by atoms with E-state index in [2.05, 4.69) is 29.1 Å². The summed E-state index contributed by atoms with van der Waals surface area (Å²) in [5.74, 6) is -1.63. The maximum absolute atomic E-state index is 13.7. The Morgan fingerprint density at radius 3 is 1.77 bits per heavy atom. The fraction of sp³-hybridized carbons (Fsp3) is 0.289. The average Bonchev–Trinajstić information content (AvgIpc) is 3.22. The number of benzene rings is 4. The summed E-state index contributed by atoms with van der Waals surface area (Å²) < 4.78 is 16.8. The highest BCUT2D eigenvalue weighted by molar-refractivity contribution is 5.86. The molecule has 0 unspecified atom stereocenters. The van der Waals surface area contributed by atoms with E-state index in [0.717, 1.165) is 22.3 Å². The SMILES string of the molecule is C=CC[C@@H](CC(=O)N[C@H](CO)Cc1ccc(OCc2ccccc2)cc1)C(=O)N[C@@H](COC(=O)[C@@H](CC=C)NC(=O)OCc1ccccc1)Cc1ccccc1. The number of nitrogens with one attached hydrogen (secondary N) is 3. The van der Waals surface area contributed by atoms with Crippen molar-refractivity contribution in [3.8, 4) is 5.75 Å². The summed E-state index contributed by atoms with van der Waals surface area (Å²) in [7, 11) is 0. The Hall–Kier alpha value is -6.20. The number of rotatable bonds is 23. The summed E-state index contributed by atoms with van der Waals surface area (Å²) in [5.41, 5.74) is 3.62. The van der Waals surface area contributed by atoms with Crippen LogP contribution in [0.5, 0.6) is 5.75 Å². The molecule has 0 aromatic heterocycles. The zero-order valence-electron chi connectivity index (χ0n) is 31.5. The molecular weight excluding hydrogens is 711 g/mol. The molecule has 0 aliphatic rings. The van der Waals surface area contributed by atoms with Crippen LogP contribution in [-0.2, 0) is 49.9 Å². The molecule has 4 atom stereocenters. The van der Waals surface area contributed by atoms with Gasteiger partial charge in [0.05, 0.1) is 24.6 Å². The Bertz CT molecular complexity index is 1820. The number of aliphatic hydroxyl groups is 1. The number of hydrogen-bond acceptors (Lipinski definition) is 8. The van der Waals surface area contributed by atoms with Crippen LogP contribution in [0.3, 0.4) is 0 Å². The van der Waals surface area contributed by atoms with Crippen molar-refractivity contribution in [2.24, 2.45) is 5.92 Å². The Kier molecular flexibility index (Phi) is 17.9. The summed E-state index contributed by atoms with van der Waals surface area (Å²) in [6.45, 7) is 7.42. The fourth-order valence-electron chi connectivity index (χ4n) is 5.84. The lowest BCUT2D eigenvalue weighted by Gasteiger charge is -2.24. The molecule has 0 heterocycles. The molecule has 56 heavy (non-hydrogen) atoms. The molecule has 0 bridgehead atoms. The molecule has 0 saturated carbocycles. The zero-order chi connectivity index (χ0) is 40.0. The highest BCUT2D eigenvalue weighted by Crippen LogP contribution is 2.17. The molecule has 0 aliphatic heterocycles. The van der Waals surface area contributed by atoms with E-state index in [1.807, 2.05) is 115 Å². The third kappa shape index (κ3) is 15.3. The van der Waals surface area contributed by atoms with Crippen molar-refractivity contribution in [3.05, 3.63) is 163 Å². The maximum atomic E-state index is 13.7. The van der Waals surface area contributed by atoms with Gasteiger partial charge in [-0.05, 0) is 60.1 Å². The van der Waals surface area contributed by atoms with Gasteiger partial charge in [0, 0.05) is 6.42 Å². The first-order chi connectivity index (χ1) is 27.3. The Labute approximate surface area is 328 Å². The molecule has 0 fully saturated rings. The van der Waals surface area contributed by atoms with E-state index in [1.54, 1.807) is 6.08 Å². The number of hydrogen-bond donors (Lipinski definition) is 4. The summed E-state index contributed by atoms with van der Waals surface area (Å²) >= 11 is 0. The Morgan fingerprint density at radius 1 is 0.625 bits per heavy atom. The number of carbonyl (C=O) groups is 4. The van der Waals surface area contributed by atoms with Crippen LogP contribution in [0.1, 0.15) is 41.5 Å². The Morgan fingerprint density at radius 2 is 1.18 bits per heavy atom. The van der Waals surface area contributed by atoms with Gasteiger partial charge in [-0.1, -0.05) is 115 Å². The minimum Gasteiger partial charge on any atom is -0.489 e. The maximum Gasteiger partial charge on any atom is 0.408 e. The second-order valence-corrected chi connectivity index (χ2v) is 13.3. The highest BCUT2D eigenvalue weighted by Gasteiger charge is 2.27. The van der Waals surface area contributed by atoms with E-state index >= 15 is 0 Å². The Balaban J connectivity index is 1.32. The molecule has 294 valence electrons. The van der Waals surface area contributed by atoms with Gasteiger partial charge in [0.2, 0.25) is 11.8 Å². The van der Waals surface area contributed by atoms with Gasteiger partial charge >= 0.3 is 12.1 Å². The van der Waals surface area contributed by atoms with Gasteiger partial charge < -0.3 is 35.3 Å². The number of ether oxygens (including phenoxy) is 3. The molecule has 4 aromatic rings. The summed E-state index contributed by atoms with van der Waals surface area (Å²) in [4.78, 5) is 52.6. The number of amides is 3. The lowest BCUT2D eigenvalue weighted by atomic mass is 9.98. The van der Waals surface area contributed by atoms with Crippen LogP contribution in [-0.4, -0.2) is 60.3 Å². The van der Waals surface area contributed by atoms with Gasteiger partial charge in [-0.15, -0.1) is 13.2 Å². The number of allylic oxidation sites excluding steroid dienone is 1. The van der Waals surface area contributed by atoms with Gasteiger partial charge in [-0.25, -0.2) is 9.59 Å². The second-order valence-electron chi connectivity index (χ2n) is 13.3. The molecular formula is C45H51N3O8. The van der Waals surface area contributed by atoms with Crippen LogP contribution in [0.15, 0.2) is 141 Å². The molecule has 0 saturated heterocycles. The number of carbonyl (C=O) groups excluding carboxylic acids is 4. The van der Waals surface area contributed by atoms with Crippen molar-refractivity contribution in [2.45, 2.75) is 63.4 Å². The van der Waals surface area contributed by atoms with Gasteiger partial charge in [-0.3, -0.25) is 9.59 Å². The van der Waals surface area contributed by atoms with Gasteiger partial charge in [0.15, 0.2) is 0 Å². The lowest BCUT2D eigenvalue weighted by molar-refractivity contribution is -0.147. The van der Waals surface area contributed by atoms with Crippen molar-refractivity contribution >= 4 is 23.9 Å². The first-order valence-corrected chi connectivity index (χ1v) is 18.6. The molecule has 0 aliphatic carbocycles. The van der Waals surface area contributed by atoms with Crippen LogP contribution in [0, 0.1) is 5.92 Å². The van der Waals surface area contributed by atoms with Gasteiger partial charge in [-0.2, -0.15) is 0 Å². The first kappa shape index (κ1) is 42.5. The molecule has 11 heteroatoms. The van der Waals surface area contributed by atoms with Crippen LogP contribution < -0.4 is 20.7 Å². The number of esters is 1. The predicted molar refractivity (Wildman–Crippen MR) is 214 cm³/mol. The zero-order valence-corrected chi connectivity index (χ0v) is 31.5. The predicted octanol–water partition coefficient (Wildman–Crippen LogP) is 6.01. The third-order valence-corrected chi connectivity index (χ3v) is 8.78. The van der Waals surface area contributed by atoms with Crippen molar-refractivity contribution in [1.82, 2.24) is 16.0 Å². The smallest absolute Gasteiger partial charge is 0.408 e. The van der Waals surface area contributed by atoms with E-state index in [4.69, 9.17) is 14.2 Å². The van der Waals surface area contributed by atoms with Crippen molar-refractivity contribution in [3.63, 3.8) is 0 Å². The molecule has 3 amide bonds.